The molecule has 10 heavy (non-hydrogen) atoms. The van der Waals surface area contributed by atoms with Crippen molar-refractivity contribution in [2.24, 2.45) is 0 Å². The molecule has 0 bridgehead atoms. The second-order valence-electron chi connectivity index (χ2n) is 2.06. The quantitative estimate of drug-likeness (QED) is 0.404. The lowest BCUT2D eigenvalue weighted by atomic mass is 10.3. The Kier molecular flexibility index (Phi) is 2.58. The molecule has 1 aliphatic rings. The molecule has 5 nitrogen and oxygen atoms in total. The molecule has 0 saturated carbocycles. The summed E-state index contributed by atoms with van der Waals surface area (Å²) in [4.78, 5) is 0. The number of hydrogen-bond donors (Lipinski definition) is 3. The average molecular weight is 150 g/mol. The molecule has 60 valence electrons. The SMILES string of the molecule is OCC1COC(O)C(O)O1. The molecule has 1 fully saturated rings. The summed E-state index contributed by atoms with van der Waals surface area (Å²) in [7, 11) is 0. The summed E-state index contributed by atoms with van der Waals surface area (Å²) in [5, 5.41) is 26.0. The van der Waals surface area contributed by atoms with Gasteiger partial charge >= 0.3 is 0 Å². The van der Waals surface area contributed by atoms with Gasteiger partial charge in [0.05, 0.1) is 13.2 Å². The Hall–Kier alpha value is -0.200. The van der Waals surface area contributed by atoms with Gasteiger partial charge in [0.1, 0.15) is 6.10 Å². The molecule has 0 aromatic rings. The maximum Gasteiger partial charge on any atom is 0.207 e. The van der Waals surface area contributed by atoms with E-state index >= 15 is 0 Å². The Balaban J connectivity index is 2.33. The zero-order chi connectivity index (χ0) is 7.56. The minimum atomic E-state index is -1.34. The molecule has 0 aliphatic carbocycles. The van der Waals surface area contributed by atoms with Crippen molar-refractivity contribution in [1.29, 1.82) is 0 Å². The highest BCUT2D eigenvalue weighted by molar-refractivity contribution is 4.62. The van der Waals surface area contributed by atoms with E-state index in [2.05, 4.69) is 9.47 Å². The van der Waals surface area contributed by atoms with Crippen LogP contribution in [-0.2, 0) is 9.47 Å². The van der Waals surface area contributed by atoms with Gasteiger partial charge in [0.15, 0.2) is 0 Å². The molecule has 0 amide bonds. The van der Waals surface area contributed by atoms with Crippen molar-refractivity contribution in [2.45, 2.75) is 18.7 Å². The van der Waals surface area contributed by atoms with E-state index in [0.29, 0.717) is 0 Å². The molecular weight excluding hydrogens is 140 g/mol. The predicted molar refractivity (Wildman–Crippen MR) is 29.9 cm³/mol. The lowest BCUT2D eigenvalue weighted by molar-refractivity contribution is -0.317. The van der Waals surface area contributed by atoms with Gasteiger partial charge in [-0.2, -0.15) is 0 Å². The molecular formula is C5H10O5. The van der Waals surface area contributed by atoms with Crippen molar-refractivity contribution >= 4 is 0 Å². The minimum Gasteiger partial charge on any atom is -0.394 e. The summed E-state index contributed by atoms with van der Waals surface area (Å²) in [5.74, 6) is 0. The highest BCUT2D eigenvalue weighted by Gasteiger charge is 2.28. The molecule has 0 radical (unpaired) electrons. The maximum atomic E-state index is 8.77. The summed E-state index contributed by atoms with van der Waals surface area (Å²) in [6, 6.07) is 0. The number of hydrogen-bond acceptors (Lipinski definition) is 5. The third-order valence-corrected chi connectivity index (χ3v) is 1.23. The fourth-order valence-electron chi connectivity index (χ4n) is 0.688. The highest BCUT2D eigenvalue weighted by atomic mass is 16.7. The number of rotatable bonds is 1. The maximum absolute atomic E-state index is 8.77. The zero-order valence-corrected chi connectivity index (χ0v) is 5.30. The van der Waals surface area contributed by atoms with E-state index in [-0.39, 0.29) is 13.2 Å². The molecule has 5 heteroatoms. The van der Waals surface area contributed by atoms with Crippen LogP contribution in [0.15, 0.2) is 0 Å². The lowest BCUT2D eigenvalue weighted by Gasteiger charge is -2.29. The molecule has 1 heterocycles. The van der Waals surface area contributed by atoms with E-state index in [0.717, 1.165) is 0 Å². The van der Waals surface area contributed by atoms with Crippen molar-refractivity contribution in [1.82, 2.24) is 0 Å². The van der Waals surface area contributed by atoms with E-state index in [1.165, 1.54) is 0 Å². The Morgan fingerprint density at radius 2 is 2.00 bits per heavy atom. The van der Waals surface area contributed by atoms with Crippen molar-refractivity contribution in [3.8, 4) is 0 Å². The monoisotopic (exact) mass is 150 g/mol. The van der Waals surface area contributed by atoms with Crippen molar-refractivity contribution in [3.63, 3.8) is 0 Å². The van der Waals surface area contributed by atoms with E-state index in [1.807, 2.05) is 0 Å². The van der Waals surface area contributed by atoms with Crippen LogP contribution in [0.4, 0.5) is 0 Å². The second kappa shape index (κ2) is 3.27. The normalized spacial score (nSPS) is 41.7. The average Bonchev–Trinajstić information content (AvgIpc) is 1.95. The van der Waals surface area contributed by atoms with Crippen LogP contribution in [0.1, 0.15) is 0 Å². The van der Waals surface area contributed by atoms with Crippen LogP contribution in [0.3, 0.4) is 0 Å². The first-order valence-electron chi connectivity index (χ1n) is 2.98. The Morgan fingerprint density at radius 3 is 2.50 bits per heavy atom. The first-order chi connectivity index (χ1) is 4.74. The molecule has 1 aliphatic heterocycles. The summed E-state index contributed by atoms with van der Waals surface area (Å²) in [6.07, 6.45) is -3.16. The predicted octanol–water partition coefficient (Wildman–Crippen LogP) is -1.97. The van der Waals surface area contributed by atoms with Gasteiger partial charge in [0.25, 0.3) is 0 Å². The summed E-state index contributed by atoms with van der Waals surface area (Å²) < 4.78 is 9.29. The summed E-state index contributed by atoms with van der Waals surface area (Å²) in [6.45, 7) is -0.113. The van der Waals surface area contributed by atoms with Gasteiger partial charge < -0.3 is 24.8 Å². The van der Waals surface area contributed by atoms with Gasteiger partial charge in [-0.15, -0.1) is 0 Å². The standard InChI is InChI=1S/C5H10O5/c6-1-3-2-9-4(7)5(8)10-3/h3-8H,1-2H2. The fourth-order valence-corrected chi connectivity index (χ4v) is 0.688. The molecule has 3 N–H and O–H groups in total. The minimum absolute atomic E-state index is 0.106. The Morgan fingerprint density at radius 1 is 1.30 bits per heavy atom. The summed E-state index contributed by atoms with van der Waals surface area (Å²) >= 11 is 0. The third kappa shape index (κ3) is 1.65. The fraction of sp³-hybridized carbons (Fsp3) is 1.00. The molecule has 1 saturated heterocycles. The molecule has 3 atom stereocenters. The van der Waals surface area contributed by atoms with Crippen LogP contribution in [0.25, 0.3) is 0 Å². The van der Waals surface area contributed by atoms with Gasteiger partial charge in [0, 0.05) is 0 Å². The van der Waals surface area contributed by atoms with Gasteiger partial charge in [-0.1, -0.05) is 0 Å². The first kappa shape index (κ1) is 7.90. The van der Waals surface area contributed by atoms with E-state index in [9.17, 15) is 0 Å². The molecule has 1 rings (SSSR count). The van der Waals surface area contributed by atoms with Crippen molar-refractivity contribution in [2.75, 3.05) is 13.2 Å². The largest absolute Gasteiger partial charge is 0.394 e. The smallest absolute Gasteiger partial charge is 0.207 e. The van der Waals surface area contributed by atoms with Crippen LogP contribution in [0, 0.1) is 0 Å². The van der Waals surface area contributed by atoms with Crippen LogP contribution in [0.2, 0.25) is 0 Å². The van der Waals surface area contributed by atoms with Gasteiger partial charge in [0.2, 0.25) is 12.6 Å². The molecule has 0 spiro atoms. The van der Waals surface area contributed by atoms with Crippen LogP contribution in [0.5, 0.6) is 0 Å². The first-order valence-corrected chi connectivity index (χ1v) is 2.98. The zero-order valence-electron chi connectivity index (χ0n) is 5.30. The number of ether oxygens (including phenoxy) is 2. The summed E-state index contributed by atoms with van der Waals surface area (Å²) in [5.41, 5.74) is 0. The second-order valence-corrected chi connectivity index (χ2v) is 2.06. The Labute approximate surface area is 57.8 Å². The van der Waals surface area contributed by atoms with Crippen molar-refractivity contribution < 1.29 is 24.8 Å². The number of aliphatic hydroxyl groups is 3. The number of aliphatic hydroxyl groups excluding tert-OH is 3. The van der Waals surface area contributed by atoms with E-state index in [1.54, 1.807) is 0 Å². The molecule has 3 unspecified atom stereocenters. The van der Waals surface area contributed by atoms with E-state index < -0.39 is 18.7 Å². The highest BCUT2D eigenvalue weighted by Crippen LogP contribution is 2.09. The van der Waals surface area contributed by atoms with Gasteiger partial charge in [-0.25, -0.2) is 0 Å². The topological polar surface area (TPSA) is 79.2 Å². The van der Waals surface area contributed by atoms with E-state index in [4.69, 9.17) is 15.3 Å². The molecule has 0 aromatic carbocycles. The van der Waals surface area contributed by atoms with Crippen LogP contribution >= 0.6 is 0 Å². The molecule has 0 aromatic heterocycles. The van der Waals surface area contributed by atoms with Crippen LogP contribution in [-0.4, -0.2) is 47.2 Å². The third-order valence-electron chi connectivity index (χ3n) is 1.23. The lowest BCUT2D eigenvalue weighted by Crippen LogP contribution is -2.44. The van der Waals surface area contributed by atoms with Crippen LogP contribution < -0.4 is 0 Å². The van der Waals surface area contributed by atoms with Gasteiger partial charge in [-0.3, -0.25) is 0 Å². The van der Waals surface area contributed by atoms with Gasteiger partial charge in [-0.05, 0) is 0 Å². The Bertz CT molecular complexity index is 106. The van der Waals surface area contributed by atoms with Crippen molar-refractivity contribution in [3.05, 3.63) is 0 Å².